The predicted molar refractivity (Wildman–Crippen MR) is 141 cm³/mol. The summed E-state index contributed by atoms with van der Waals surface area (Å²) in [4.78, 5) is 24.4. The van der Waals surface area contributed by atoms with E-state index in [1.807, 2.05) is 13.0 Å². The summed E-state index contributed by atoms with van der Waals surface area (Å²) >= 11 is 0. The molecule has 0 bridgehead atoms. The second-order valence-corrected chi connectivity index (χ2v) is 7.46. The molecule has 2 amide bonds. The zero-order chi connectivity index (χ0) is 29.5. The molecule has 0 atom stereocenters. The lowest BCUT2D eigenvalue weighted by atomic mass is 9.90. The van der Waals surface area contributed by atoms with Crippen LogP contribution < -0.4 is 5.32 Å². The van der Waals surface area contributed by atoms with Crippen LogP contribution >= 0.6 is 0 Å². The van der Waals surface area contributed by atoms with E-state index in [-0.39, 0.29) is 22.4 Å². The summed E-state index contributed by atoms with van der Waals surface area (Å²) in [7, 11) is 0. The quantitative estimate of drug-likeness (QED) is 0.152. The van der Waals surface area contributed by atoms with Crippen molar-refractivity contribution in [3.05, 3.63) is 53.1 Å². The molecule has 0 unspecified atom stereocenters. The molecule has 16 nitrogen and oxygen atoms in total. The number of amides is 2. The number of aryl methyl sites for hydroxylation is 1. The van der Waals surface area contributed by atoms with Gasteiger partial charge in [-0.3, -0.25) is 14.9 Å². The number of carbonyl (C=O) groups excluding carboxylic acids is 2. The van der Waals surface area contributed by atoms with Gasteiger partial charge in [0, 0.05) is 12.5 Å². The third-order valence-corrected chi connectivity index (χ3v) is 4.53. The smallest absolute Gasteiger partial charge is 0.262 e. The van der Waals surface area contributed by atoms with Gasteiger partial charge in [-0.2, -0.15) is 5.53 Å². The minimum absolute atomic E-state index is 0.0177. The van der Waals surface area contributed by atoms with Crippen molar-refractivity contribution in [3.8, 4) is 46.3 Å². The molecule has 0 saturated carbocycles. The number of carbonyl (C=O) groups is 2. The summed E-state index contributed by atoms with van der Waals surface area (Å²) in [5, 5.41) is 54.4. The summed E-state index contributed by atoms with van der Waals surface area (Å²) in [6.07, 6.45) is 1.03. The molecule has 200 valence electrons. The van der Waals surface area contributed by atoms with Gasteiger partial charge in [0.2, 0.25) is 5.91 Å². The van der Waals surface area contributed by atoms with Crippen molar-refractivity contribution in [3.63, 3.8) is 0 Å². The zero-order valence-electron chi connectivity index (χ0n) is 21.3. The molecule has 0 spiro atoms. The molecule has 0 aliphatic carbocycles. The first kappa shape index (κ1) is 29.9. The van der Waals surface area contributed by atoms with Crippen LogP contribution in [0.25, 0.3) is 16.7 Å². The average molecular weight is 541 g/mol. The molecule has 4 N–H and O–H groups in total. The number of hydrogen-bond donors (Lipinski definition) is 4. The Balaban J connectivity index is 2.41. The number of allylic oxidation sites excluding steroid dienone is 1. The van der Waals surface area contributed by atoms with Gasteiger partial charge in [0.15, 0.2) is 0 Å². The number of benzene rings is 2. The normalized spacial score (nSPS) is 11.1. The van der Waals surface area contributed by atoms with Crippen LogP contribution in [0.1, 0.15) is 40.9 Å². The van der Waals surface area contributed by atoms with Crippen LogP contribution in [-0.4, -0.2) is 28.2 Å². The fraction of sp³-hybridized carbons (Fsp3) is 0.125. The molecule has 40 heavy (non-hydrogen) atoms. The average Bonchev–Trinajstić information content (AvgIpc) is 2.88. The monoisotopic (exact) mass is 540 g/mol. The maximum atomic E-state index is 12.8. The Morgan fingerprint density at radius 2 is 1.62 bits per heavy atom. The fourth-order valence-electron chi connectivity index (χ4n) is 3.08. The van der Waals surface area contributed by atoms with Gasteiger partial charge in [0.1, 0.15) is 17.7 Å². The molecule has 0 aliphatic rings. The first-order valence-electron chi connectivity index (χ1n) is 10.8. The van der Waals surface area contributed by atoms with E-state index in [9.17, 15) is 19.8 Å². The highest BCUT2D eigenvalue weighted by Gasteiger charge is 2.25. The third kappa shape index (κ3) is 8.68. The Morgan fingerprint density at radius 1 is 0.975 bits per heavy atom. The molecule has 0 fully saturated rings. The Kier molecular flexibility index (Phi) is 11.3. The van der Waals surface area contributed by atoms with Gasteiger partial charge in [-0.1, -0.05) is 41.8 Å². The highest BCUT2D eigenvalue weighted by Crippen LogP contribution is 2.44. The minimum atomic E-state index is -0.918. The highest BCUT2D eigenvalue weighted by atomic mass is 16.3. The van der Waals surface area contributed by atoms with Gasteiger partial charge in [-0.25, -0.2) is 0 Å². The number of phenols is 2. The van der Waals surface area contributed by atoms with Crippen LogP contribution in [-0.2, 0) is 4.79 Å². The highest BCUT2D eigenvalue weighted by molar-refractivity contribution is 6.09. The number of aromatic hydroxyl groups is 2. The van der Waals surface area contributed by atoms with Crippen molar-refractivity contribution in [1.82, 2.24) is 5.32 Å². The van der Waals surface area contributed by atoms with E-state index >= 15 is 0 Å². The minimum Gasteiger partial charge on any atom is -0.507 e. The van der Waals surface area contributed by atoms with Crippen LogP contribution in [0.15, 0.2) is 83.0 Å². The van der Waals surface area contributed by atoms with Crippen molar-refractivity contribution in [2.45, 2.75) is 20.8 Å². The summed E-state index contributed by atoms with van der Waals surface area (Å²) in [5.74, 6) is 7.37. The van der Waals surface area contributed by atoms with Gasteiger partial charge in [-0.15, -0.1) is 5.10 Å². The van der Waals surface area contributed by atoms with Crippen molar-refractivity contribution < 1.29 is 19.8 Å². The number of imide groups is 1. The maximum absolute atomic E-state index is 12.8. The summed E-state index contributed by atoms with van der Waals surface area (Å²) in [5.41, 5.74) is 8.47. The molecule has 0 heterocycles. The van der Waals surface area contributed by atoms with Gasteiger partial charge in [0.25, 0.3) is 5.91 Å². The molecule has 2 aromatic rings. The van der Waals surface area contributed by atoms with E-state index in [2.05, 4.69) is 87.7 Å². The van der Waals surface area contributed by atoms with Crippen molar-refractivity contribution in [1.29, 1.82) is 5.53 Å². The molecule has 2 rings (SSSR count). The second-order valence-electron chi connectivity index (χ2n) is 7.46. The fourth-order valence-corrected chi connectivity index (χ4v) is 3.08. The van der Waals surface area contributed by atoms with E-state index < -0.39 is 17.6 Å². The third-order valence-electron chi connectivity index (χ3n) is 4.53. The molecule has 2 aromatic carbocycles. The summed E-state index contributed by atoms with van der Waals surface area (Å²) < 4.78 is 0. The van der Waals surface area contributed by atoms with E-state index in [4.69, 9.17) is 5.53 Å². The molecule has 0 radical (unpaired) electrons. The molecular weight excluding hydrogens is 520 g/mol. The van der Waals surface area contributed by atoms with Crippen molar-refractivity contribution in [2.75, 3.05) is 0 Å². The lowest BCUT2D eigenvalue weighted by Crippen LogP contribution is -2.28. The van der Waals surface area contributed by atoms with Crippen molar-refractivity contribution >= 4 is 23.6 Å². The first-order valence-corrected chi connectivity index (χ1v) is 10.8. The molecule has 0 aromatic heterocycles. The molecular formula is C24H20N12O4. The van der Waals surface area contributed by atoms with E-state index in [0.29, 0.717) is 16.7 Å². The zero-order valence-corrected chi connectivity index (χ0v) is 21.3. The van der Waals surface area contributed by atoms with Gasteiger partial charge in [-0.05, 0) is 95.8 Å². The van der Waals surface area contributed by atoms with Crippen LogP contribution in [0.2, 0.25) is 0 Å². The van der Waals surface area contributed by atoms with Crippen LogP contribution in [0.5, 0.6) is 11.5 Å². The molecule has 0 aliphatic heterocycles. The van der Waals surface area contributed by atoms with E-state index in [1.54, 1.807) is 19.1 Å². The number of nitrogens with one attached hydrogen (secondary N) is 2. The van der Waals surface area contributed by atoms with Gasteiger partial charge < -0.3 is 10.2 Å². The Hall–Kier alpha value is -6.29. The largest absolute Gasteiger partial charge is 0.507 e. The van der Waals surface area contributed by atoms with Crippen molar-refractivity contribution in [2.24, 2.45) is 52.1 Å². The first-order chi connectivity index (χ1) is 19.2. The van der Waals surface area contributed by atoms with Gasteiger partial charge in [0.05, 0.1) is 11.1 Å². The number of rotatable bonds is 8. The summed E-state index contributed by atoms with van der Waals surface area (Å²) in [6.45, 7) is 8.67. The number of nitrogens with zero attached hydrogens (tertiary/aromatic N) is 10. The van der Waals surface area contributed by atoms with Crippen LogP contribution in [0.3, 0.4) is 0 Å². The maximum Gasteiger partial charge on any atom is 0.262 e. The number of phenolic OH excluding ortho intramolecular Hbond substituents is 2. The predicted octanol–water partition coefficient (Wildman–Crippen LogP) is 5.22. The van der Waals surface area contributed by atoms with Gasteiger partial charge >= 0.3 is 0 Å². The van der Waals surface area contributed by atoms with E-state index in [0.717, 1.165) is 18.7 Å². The summed E-state index contributed by atoms with van der Waals surface area (Å²) in [6, 6.07) is 6.55. The Morgan fingerprint density at radius 3 is 2.25 bits per heavy atom. The standard InChI is InChI=1S/C24H20N12O4/c1-14(2)18-10-9-15(3)12-19(18)22-20(38)13-17(21(23(22)39)24(40)27-16(4)37)8-6-5-7-11-26-29-31-33-35-36-34-32-30-28-25/h9-13,25,38-39H,1H2,2-4H3,(H,27,37,40)/b26-11+,28-25?,31-29+,32-30+,35-33+,36-34+. The number of hydrogen-bond acceptors (Lipinski definition) is 6. The van der Waals surface area contributed by atoms with E-state index in [1.165, 1.54) is 6.07 Å². The topological polar surface area (TPSA) is 234 Å². The van der Waals surface area contributed by atoms with Crippen LogP contribution in [0, 0.1) is 36.1 Å². The lowest BCUT2D eigenvalue weighted by Gasteiger charge is -2.17. The van der Waals surface area contributed by atoms with Crippen LogP contribution in [0.4, 0.5) is 0 Å². The second kappa shape index (κ2) is 15.1. The SMILES string of the molecule is C=C(C)c1ccc(C)cc1-c1c(O)cc(C#CC#C/C=N/N=N/N=N/N=N/N=N/N=N)c(C(=O)NC(C)=O)c1O. The molecule has 0 saturated heterocycles. The Labute approximate surface area is 226 Å². The Bertz CT molecular complexity index is 1620. The molecule has 16 heteroatoms. The lowest BCUT2D eigenvalue weighted by molar-refractivity contribution is -0.118.